The number of hydrogen-bond acceptors (Lipinski definition) is 6. The molecule has 1 saturated heterocycles. The lowest BCUT2D eigenvalue weighted by Gasteiger charge is -2.29. The Morgan fingerprint density at radius 2 is 1.89 bits per heavy atom. The van der Waals surface area contributed by atoms with E-state index in [0.717, 1.165) is 31.3 Å². The number of amides is 2. The largest absolute Gasteiger partial charge is 0.460 e. The molecule has 2 N–H and O–H groups in total. The zero-order valence-electron chi connectivity index (χ0n) is 20.9. The number of rotatable bonds is 4. The molecule has 2 aromatic rings. The number of esters is 1. The van der Waals surface area contributed by atoms with Gasteiger partial charge < -0.3 is 19.8 Å². The number of likely N-dealkylation sites (tertiary alicyclic amines) is 1. The molecule has 1 aliphatic carbocycles. The molecule has 0 bridgehead atoms. The van der Waals surface area contributed by atoms with E-state index in [0.29, 0.717) is 29.7 Å². The summed E-state index contributed by atoms with van der Waals surface area (Å²) in [6.45, 7) is 7.90. The second-order valence-corrected chi connectivity index (χ2v) is 10.0. The number of benzene rings is 1. The number of carbonyl (C=O) groups excluding carboxylic acids is 3. The lowest BCUT2D eigenvalue weighted by molar-refractivity contribution is -0.119. The molecule has 9 heteroatoms. The molecule has 0 radical (unpaired) electrons. The average molecular weight is 483 g/mol. The topological polar surface area (TPSA) is 114 Å². The van der Waals surface area contributed by atoms with E-state index in [4.69, 9.17) is 9.47 Å². The summed E-state index contributed by atoms with van der Waals surface area (Å²) in [4.78, 5) is 47.3. The minimum Gasteiger partial charge on any atom is -0.460 e. The summed E-state index contributed by atoms with van der Waals surface area (Å²) in [6.07, 6.45) is 5.55. The molecule has 2 fully saturated rings. The molecule has 2 heterocycles. The molecule has 2 amide bonds. The zero-order valence-corrected chi connectivity index (χ0v) is 20.9. The number of aromatic nitrogens is 2. The summed E-state index contributed by atoms with van der Waals surface area (Å²) in [5.74, 6) is -0.690. The fraction of sp³-hybridized carbons (Fsp3) is 0.538. The Labute approximate surface area is 205 Å². The Morgan fingerprint density at radius 1 is 1.14 bits per heavy atom. The normalized spacial score (nSPS) is 18.6. The van der Waals surface area contributed by atoms with Gasteiger partial charge in [0.2, 0.25) is 5.82 Å². The van der Waals surface area contributed by atoms with Crippen molar-refractivity contribution in [3.8, 4) is 0 Å². The molecule has 1 atom stereocenters. The molecule has 35 heavy (non-hydrogen) atoms. The Morgan fingerprint density at radius 3 is 2.57 bits per heavy atom. The first kappa shape index (κ1) is 24.8. The molecule has 0 unspecified atom stereocenters. The predicted octanol–water partition coefficient (Wildman–Crippen LogP) is 4.95. The maximum atomic E-state index is 13.6. The Kier molecular flexibility index (Phi) is 7.14. The lowest BCUT2D eigenvalue weighted by atomic mass is 9.88. The molecule has 2 aliphatic rings. The van der Waals surface area contributed by atoms with Crippen molar-refractivity contribution in [1.82, 2.24) is 14.9 Å². The number of nitrogens with one attached hydrogen (secondary N) is 2. The van der Waals surface area contributed by atoms with Gasteiger partial charge in [-0.15, -0.1) is 0 Å². The van der Waals surface area contributed by atoms with Crippen LogP contribution in [0.5, 0.6) is 0 Å². The van der Waals surface area contributed by atoms with Gasteiger partial charge in [0, 0.05) is 12.2 Å². The molecule has 0 spiro atoms. The quantitative estimate of drug-likeness (QED) is 0.471. The first-order chi connectivity index (χ1) is 16.7. The number of anilines is 1. The number of hydrogen-bond donors (Lipinski definition) is 2. The van der Waals surface area contributed by atoms with Crippen molar-refractivity contribution in [1.29, 1.82) is 0 Å². The third kappa shape index (κ3) is 5.66. The predicted molar refractivity (Wildman–Crippen MR) is 132 cm³/mol. The van der Waals surface area contributed by atoms with E-state index in [1.807, 2.05) is 20.8 Å². The van der Waals surface area contributed by atoms with Crippen LogP contribution in [0.1, 0.15) is 76.8 Å². The summed E-state index contributed by atoms with van der Waals surface area (Å²) in [5.41, 5.74) is 3.43. The van der Waals surface area contributed by atoms with Gasteiger partial charge in [-0.25, -0.2) is 14.6 Å². The van der Waals surface area contributed by atoms with E-state index < -0.39 is 23.7 Å². The van der Waals surface area contributed by atoms with Gasteiger partial charge >= 0.3 is 12.1 Å². The van der Waals surface area contributed by atoms with Crippen molar-refractivity contribution in [2.24, 2.45) is 0 Å². The summed E-state index contributed by atoms with van der Waals surface area (Å²) in [6, 6.07) is 4.48. The number of imidazole rings is 1. The van der Waals surface area contributed by atoms with Crippen molar-refractivity contribution in [2.45, 2.75) is 77.9 Å². The van der Waals surface area contributed by atoms with E-state index in [-0.39, 0.29) is 18.3 Å². The van der Waals surface area contributed by atoms with Crippen LogP contribution in [0, 0.1) is 0 Å². The van der Waals surface area contributed by atoms with Crippen LogP contribution in [0.25, 0.3) is 11.0 Å². The zero-order chi connectivity index (χ0) is 25.2. The van der Waals surface area contributed by atoms with Crippen molar-refractivity contribution < 1.29 is 23.9 Å². The molecule has 188 valence electrons. The van der Waals surface area contributed by atoms with Crippen LogP contribution < -0.4 is 5.32 Å². The molecule has 1 aromatic heterocycles. The van der Waals surface area contributed by atoms with E-state index in [9.17, 15) is 14.4 Å². The second kappa shape index (κ2) is 10.1. The first-order valence-corrected chi connectivity index (χ1v) is 12.3. The van der Waals surface area contributed by atoms with Crippen LogP contribution in [-0.2, 0) is 14.3 Å². The van der Waals surface area contributed by atoms with Crippen LogP contribution >= 0.6 is 0 Å². The number of nitrogens with zero attached hydrogens (tertiary/aromatic N) is 2. The summed E-state index contributed by atoms with van der Waals surface area (Å²) < 4.78 is 10.6. The number of aromatic amines is 1. The van der Waals surface area contributed by atoms with Gasteiger partial charge in [0.1, 0.15) is 11.6 Å². The van der Waals surface area contributed by atoms with Crippen molar-refractivity contribution in [3.05, 3.63) is 35.2 Å². The fourth-order valence-corrected chi connectivity index (χ4v) is 4.78. The highest BCUT2D eigenvalue weighted by Gasteiger charge is 2.41. The molecule has 4 rings (SSSR count). The van der Waals surface area contributed by atoms with E-state index in [1.54, 1.807) is 30.0 Å². The molecule has 9 nitrogen and oxygen atoms in total. The van der Waals surface area contributed by atoms with Gasteiger partial charge in [0.05, 0.1) is 17.6 Å². The van der Waals surface area contributed by atoms with Crippen LogP contribution in [-0.4, -0.2) is 57.6 Å². The van der Waals surface area contributed by atoms with Gasteiger partial charge in [-0.05, 0) is 83.6 Å². The highest BCUT2D eigenvalue weighted by atomic mass is 16.6. The molecule has 1 aliphatic heterocycles. The van der Waals surface area contributed by atoms with Crippen LogP contribution in [0.2, 0.25) is 0 Å². The van der Waals surface area contributed by atoms with Gasteiger partial charge in [-0.3, -0.25) is 9.69 Å². The van der Waals surface area contributed by atoms with Crippen molar-refractivity contribution in [2.75, 3.05) is 18.5 Å². The maximum Gasteiger partial charge on any atom is 0.411 e. The van der Waals surface area contributed by atoms with Gasteiger partial charge in [0.25, 0.3) is 5.91 Å². The van der Waals surface area contributed by atoms with Crippen LogP contribution in [0.3, 0.4) is 0 Å². The number of allylic oxidation sites excluding steroid dienone is 1. The SMILES string of the molecule is CCOC(=O)c1nc2ccc(NC(=O)[C@@H]3C(=C4CCCCC4)CCN3C(=O)OC(C)(C)C)cc2[nH]1. The maximum absolute atomic E-state index is 13.6. The Balaban J connectivity index is 1.60. The molecule has 1 saturated carbocycles. The summed E-state index contributed by atoms with van der Waals surface area (Å²) >= 11 is 0. The van der Waals surface area contributed by atoms with E-state index >= 15 is 0 Å². The van der Waals surface area contributed by atoms with E-state index in [2.05, 4.69) is 15.3 Å². The third-order valence-electron chi connectivity index (χ3n) is 6.27. The number of H-pyrrole nitrogens is 1. The highest BCUT2D eigenvalue weighted by Crippen LogP contribution is 2.35. The molecule has 1 aromatic carbocycles. The fourth-order valence-electron chi connectivity index (χ4n) is 4.78. The van der Waals surface area contributed by atoms with Gasteiger partial charge in [-0.2, -0.15) is 0 Å². The standard InChI is InChI=1S/C26H34N4O5/c1-5-34-24(32)22-28-19-12-11-17(15-20(19)29-22)27-23(31)21-18(16-9-7-6-8-10-16)13-14-30(21)25(33)35-26(2,3)4/h11-12,15,21H,5-10,13-14H2,1-4H3,(H,27,31)(H,28,29)/t21-/m0/s1. The summed E-state index contributed by atoms with van der Waals surface area (Å²) in [7, 11) is 0. The Hall–Kier alpha value is -3.36. The Bertz CT molecular complexity index is 1150. The van der Waals surface area contributed by atoms with Crippen LogP contribution in [0.4, 0.5) is 10.5 Å². The summed E-state index contributed by atoms with van der Waals surface area (Å²) in [5, 5.41) is 2.97. The van der Waals surface area contributed by atoms with Crippen LogP contribution in [0.15, 0.2) is 29.3 Å². The lowest BCUT2D eigenvalue weighted by Crippen LogP contribution is -2.46. The minimum atomic E-state index is -0.703. The highest BCUT2D eigenvalue weighted by molar-refractivity contribution is 6.01. The van der Waals surface area contributed by atoms with E-state index in [1.165, 1.54) is 12.0 Å². The minimum absolute atomic E-state index is 0.113. The number of carbonyl (C=O) groups is 3. The van der Waals surface area contributed by atoms with Crippen molar-refractivity contribution in [3.63, 3.8) is 0 Å². The molecular formula is C26H34N4O5. The van der Waals surface area contributed by atoms with Gasteiger partial charge in [-0.1, -0.05) is 12.0 Å². The average Bonchev–Trinajstić information content (AvgIpc) is 3.43. The third-order valence-corrected chi connectivity index (χ3v) is 6.27. The number of ether oxygens (including phenoxy) is 2. The second-order valence-electron chi connectivity index (χ2n) is 10.0. The molecular weight excluding hydrogens is 448 g/mol. The van der Waals surface area contributed by atoms with Gasteiger partial charge in [0.15, 0.2) is 0 Å². The number of fused-ring (bicyclic) bond motifs is 1. The van der Waals surface area contributed by atoms with Crippen molar-refractivity contribution >= 4 is 34.7 Å². The smallest absolute Gasteiger partial charge is 0.411 e. The monoisotopic (exact) mass is 482 g/mol. The first-order valence-electron chi connectivity index (χ1n) is 12.3.